The number of piperidine rings is 1. The highest BCUT2D eigenvalue weighted by Gasteiger charge is 2.39. The maximum absolute atomic E-state index is 10.8. The van der Waals surface area contributed by atoms with Gasteiger partial charge in [0.15, 0.2) is 5.65 Å². The quantitative estimate of drug-likeness (QED) is 0.342. The Morgan fingerprint density at radius 3 is 2.37 bits per heavy atom. The lowest BCUT2D eigenvalue weighted by molar-refractivity contribution is -0.122. The van der Waals surface area contributed by atoms with Gasteiger partial charge in [0.05, 0.1) is 11.9 Å². The summed E-state index contributed by atoms with van der Waals surface area (Å²) in [7, 11) is 2.02. The summed E-state index contributed by atoms with van der Waals surface area (Å²) in [5.74, 6) is 0.684. The third-order valence-corrected chi connectivity index (χ3v) is 6.69. The van der Waals surface area contributed by atoms with Gasteiger partial charge in [0.2, 0.25) is 5.95 Å². The number of phenols is 1. The first-order valence-electron chi connectivity index (χ1n) is 12.4. The molecule has 0 spiro atoms. The number of fused-ring (bicyclic) bond motifs is 1. The number of hydrogen-bond donors (Lipinski definition) is 3. The minimum Gasteiger partial charge on any atom is -0.507 e. The molecule has 1 aliphatic rings. The van der Waals surface area contributed by atoms with Gasteiger partial charge in [-0.2, -0.15) is 5.10 Å². The van der Waals surface area contributed by atoms with Crippen LogP contribution in [0.15, 0.2) is 42.9 Å². The standard InChI is InChI=1S/C26H32N8O.CH2O2/c1-16-11-20(31-34-10-9-27-23(16)34)17-7-8-19(22(35)12-17)21-15-28-24(30-29-21)33(6)18-13-25(2,3)32-26(4,5)14-18;2-1-3/h7-12,15,18,32,35H,13-14H2,1-6H3;1H,(H,2,3). The number of phenolic OH excluding ortho intramolecular Hbond substituents is 1. The Balaban J connectivity index is 0.00000107. The van der Waals surface area contributed by atoms with Gasteiger partial charge in [0.25, 0.3) is 6.47 Å². The number of rotatable bonds is 4. The fourth-order valence-corrected chi connectivity index (χ4v) is 5.38. The number of aromatic hydroxyl groups is 1. The summed E-state index contributed by atoms with van der Waals surface area (Å²) in [4.78, 5) is 19.4. The van der Waals surface area contributed by atoms with Crippen molar-refractivity contribution >= 4 is 18.1 Å². The van der Waals surface area contributed by atoms with Crippen LogP contribution in [0.5, 0.6) is 5.75 Å². The van der Waals surface area contributed by atoms with Crippen LogP contribution in [0, 0.1) is 6.92 Å². The average Bonchev–Trinajstić information content (AvgIpc) is 3.32. The van der Waals surface area contributed by atoms with E-state index < -0.39 is 0 Å². The van der Waals surface area contributed by atoms with E-state index >= 15 is 0 Å². The number of imidazole rings is 1. The van der Waals surface area contributed by atoms with E-state index in [2.05, 4.69) is 63.2 Å². The normalized spacial score (nSPS) is 16.5. The summed E-state index contributed by atoms with van der Waals surface area (Å²) < 4.78 is 1.74. The zero-order chi connectivity index (χ0) is 27.7. The molecule has 4 aromatic rings. The molecule has 0 bridgehead atoms. The molecule has 200 valence electrons. The molecule has 5 rings (SSSR count). The molecule has 3 aromatic heterocycles. The molecule has 11 heteroatoms. The van der Waals surface area contributed by atoms with E-state index in [0.29, 0.717) is 23.2 Å². The Morgan fingerprint density at radius 2 is 1.76 bits per heavy atom. The topological polar surface area (TPSA) is 142 Å². The van der Waals surface area contributed by atoms with Crippen molar-refractivity contribution in [3.8, 4) is 28.3 Å². The van der Waals surface area contributed by atoms with E-state index in [1.54, 1.807) is 23.0 Å². The zero-order valence-corrected chi connectivity index (χ0v) is 22.5. The fraction of sp³-hybridized carbons (Fsp3) is 0.407. The van der Waals surface area contributed by atoms with Crippen molar-refractivity contribution in [2.24, 2.45) is 0 Å². The summed E-state index contributed by atoms with van der Waals surface area (Å²) in [6.07, 6.45) is 7.17. The average molecular weight is 519 g/mol. The van der Waals surface area contributed by atoms with Crippen LogP contribution in [0.25, 0.3) is 28.2 Å². The molecular weight excluding hydrogens is 484 g/mol. The fourth-order valence-electron chi connectivity index (χ4n) is 5.38. The lowest BCUT2D eigenvalue weighted by Crippen LogP contribution is -2.62. The number of aromatic nitrogens is 6. The molecule has 38 heavy (non-hydrogen) atoms. The van der Waals surface area contributed by atoms with Crippen LogP contribution in [-0.4, -0.2) is 70.6 Å². The summed E-state index contributed by atoms with van der Waals surface area (Å²) in [5, 5.41) is 34.8. The lowest BCUT2D eigenvalue weighted by atomic mass is 9.79. The molecule has 0 saturated carbocycles. The van der Waals surface area contributed by atoms with Crippen LogP contribution in [0.4, 0.5) is 5.95 Å². The predicted octanol–water partition coefficient (Wildman–Crippen LogP) is 3.71. The van der Waals surface area contributed by atoms with Gasteiger partial charge in [-0.15, -0.1) is 10.2 Å². The largest absolute Gasteiger partial charge is 0.507 e. The molecule has 11 nitrogen and oxygen atoms in total. The highest BCUT2D eigenvalue weighted by atomic mass is 16.3. The number of benzene rings is 1. The van der Waals surface area contributed by atoms with Crippen molar-refractivity contribution in [3.05, 3.63) is 48.4 Å². The first-order valence-corrected chi connectivity index (χ1v) is 12.4. The smallest absolute Gasteiger partial charge is 0.290 e. The van der Waals surface area contributed by atoms with Crippen LogP contribution < -0.4 is 10.2 Å². The third-order valence-electron chi connectivity index (χ3n) is 6.69. The molecule has 0 radical (unpaired) electrons. The molecule has 0 unspecified atom stereocenters. The third kappa shape index (κ3) is 5.72. The maximum atomic E-state index is 10.8. The van der Waals surface area contributed by atoms with Crippen LogP contribution in [-0.2, 0) is 4.79 Å². The second kappa shape index (κ2) is 10.3. The van der Waals surface area contributed by atoms with Crippen LogP contribution >= 0.6 is 0 Å². The summed E-state index contributed by atoms with van der Waals surface area (Å²) in [5.41, 5.74) is 4.53. The summed E-state index contributed by atoms with van der Waals surface area (Å²) >= 11 is 0. The first-order chi connectivity index (χ1) is 17.9. The second-order valence-electron chi connectivity index (χ2n) is 11.0. The van der Waals surface area contributed by atoms with Gasteiger partial charge in [-0.05, 0) is 71.2 Å². The number of carboxylic acid groups (broad SMARTS) is 1. The van der Waals surface area contributed by atoms with Crippen LogP contribution in [0.2, 0.25) is 0 Å². The van der Waals surface area contributed by atoms with Crippen molar-refractivity contribution in [1.82, 2.24) is 35.1 Å². The van der Waals surface area contributed by atoms with Gasteiger partial charge >= 0.3 is 0 Å². The van der Waals surface area contributed by atoms with Crippen LogP contribution in [0.1, 0.15) is 46.1 Å². The summed E-state index contributed by atoms with van der Waals surface area (Å²) in [6.45, 7) is 10.7. The van der Waals surface area contributed by atoms with Crippen molar-refractivity contribution in [2.75, 3.05) is 11.9 Å². The molecule has 0 atom stereocenters. The van der Waals surface area contributed by atoms with Gasteiger partial charge in [0, 0.05) is 47.7 Å². The molecule has 0 amide bonds. The van der Waals surface area contributed by atoms with Gasteiger partial charge < -0.3 is 20.4 Å². The van der Waals surface area contributed by atoms with Gasteiger partial charge in [-0.1, -0.05) is 6.07 Å². The Morgan fingerprint density at radius 1 is 1.08 bits per heavy atom. The van der Waals surface area contributed by atoms with Crippen molar-refractivity contribution in [2.45, 2.75) is 64.6 Å². The number of nitrogens with one attached hydrogen (secondary N) is 1. The zero-order valence-electron chi connectivity index (χ0n) is 22.5. The number of aryl methyl sites for hydroxylation is 1. The van der Waals surface area contributed by atoms with E-state index in [0.717, 1.165) is 35.3 Å². The SMILES string of the molecule is Cc1cc(-c2ccc(-c3cnc(N(C)C4CC(C)(C)NC(C)(C)C4)nn3)c(O)c2)nn2ccnc12.O=CO. The minimum atomic E-state index is -0.250. The van der Waals surface area contributed by atoms with Gasteiger partial charge in [-0.3, -0.25) is 4.79 Å². The Hall–Kier alpha value is -4.12. The van der Waals surface area contributed by atoms with Gasteiger partial charge in [0.1, 0.15) is 11.4 Å². The first kappa shape index (κ1) is 26.9. The Kier molecular flexibility index (Phi) is 7.32. The van der Waals surface area contributed by atoms with Crippen LogP contribution in [0.3, 0.4) is 0 Å². The number of nitrogens with zero attached hydrogens (tertiary/aromatic N) is 7. The van der Waals surface area contributed by atoms with Crippen molar-refractivity contribution < 1.29 is 15.0 Å². The molecule has 1 saturated heterocycles. The maximum Gasteiger partial charge on any atom is 0.290 e. The molecule has 0 aliphatic carbocycles. The molecule has 3 N–H and O–H groups in total. The molecular formula is C27H34N8O3. The van der Waals surface area contributed by atoms with E-state index in [1.807, 2.05) is 38.4 Å². The lowest BCUT2D eigenvalue weighted by Gasteiger charge is -2.48. The van der Waals surface area contributed by atoms with Crippen molar-refractivity contribution in [3.63, 3.8) is 0 Å². The van der Waals surface area contributed by atoms with E-state index in [9.17, 15) is 5.11 Å². The molecule has 4 heterocycles. The Labute approximate surface area is 221 Å². The Bertz CT molecular complexity index is 1420. The molecule has 1 aliphatic heterocycles. The summed E-state index contributed by atoms with van der Waals surface area (Å²) in [6, 6.07) is 7.70. The second-order valence-corrected chi connectivity index (χ2v) is 11.0. The van der Waals surface area contributed by atoms with E-state index in [4.69, 9.17) is 9.90 Å². The molecule has 1 aromatic carbocycles. The van der Waals surface area contributed by atoms with Gasteiger partial charge in [-0.25, -0.2) is 14.5 Å². The van der Waals surface area contributed by atoms with E-state index in [-0.39, 0.29) is 23.3 Å². The minimum absolute atomic E-state index is 0.0252. The predicted molar refractivity (Wildman–Crippen MR) is 145 cm³/mol. The number of carbonyl (C=O) groups is 1. The van der Waals surface area contributed by atoms with E-state index in [1.165, 1.54) is 0 Å². The number of hydrogen-bond acceptors (Lipinski definition) is 9. The number of anilines is 1. The molecule has 1 fully saturated rings. The monoisotopic (exact) mass is 518 g/mol. The van der Waals surface area contributed by atoms with Crippen molar-refractivity contribution in [1.29, 1.82) is 0 Å². The highest BCUT2D eigenvalue weighted by Crippen LogP contribution is 2.34. The highest BCUT2D eigenvalue weighted by molar-refractivity contribution is 5.73.